The molecule has 2 atom stereocenters. The molecule has 1 amide bonds. The summed E-state index contributed by atoms with van der Waals surface area (Å²) in [5.74, 6) is 0.804. The van der Waals surface area contributed by atoms with Crippen molar-refractivity contribution < 1.29 is 4.79 Å². The molecule has 0 radical (unpaired) electrons. The van der Waals surface area contributed by atoms with Gasteiger partial charge in [0, 0.05) is 11.8 Å². The van der Waals surface area contributed by atoms with Crippen LogP contribution in [0, 0.1) is 0 Å². The van der Waals surface area contributed by atoms with E-state index in [-0.39, 0.29) is 11.9 Å². The molecule has 0 aromatic carbocycles. The van der Waals surface area contributed by atoms with Gasteiger partial charge in [-0.05, 0) is 26.6 Å². The van der Waals surface area contributed by atoms with Gasteiger partial charge in [0.15, 0.2) is 0 Å². The van der Waals surface area contributed by atoms with Crippen molar-refractivity contribution in [1.82, 2.24) is 4.90 Å². The van der Waals surface area contributed by atoms with Crippen LogP contribution in [0.5, 0.6) is 0 Å². The first kappa shape index (κ1) is 12.8. The predicted molar refractivity (Wildman–Crippen MR) is 58.9 cm³/mol. The summed E-state index contributed by atoms with van der Waals surface area (Å²) in [6, 6.07) is 0.273. The van der Waals surface area contributed by atoms with Gasteiger partial charge in [0.1, 0.15) is 0 Å². The molecule has 0 rings (SSSR count). The highest BCUT2D eigenvalue weighted by molar-refractivity contribution is 7.98. The Morgan fingerprint density at radius 1 is 1.62 bits per heavy atom. The Balaban J connectivity index is 4.18. The Bertz CT molecular complexity index is 164. The molecule has 4 heteroatoms. The molecule has 0 saturated carbocycles. The molecule has 3 nitrogen and oxygen atoms in total. The van der Waals surface area contributed by atoms with Gasteiger partial charge in [0.25, 0.3) is 0 Å². The standard InChI is InChI=1S/C9H20N2OS/c1-5-8(9(10)12)11(3)7(2)6-13-4/h7-8H,5-6H2,1-4H3,(H2,10,12). The second kappa shape index (κ2) is 6.27. The lowest BCUT2D eigenvalue weighted by atomic mass is 10.1. The molecule has 0 spiro atoms. The Hall–Kier alpha value is -0.220. The number of thioether (sulfide) groups is 1. The van der Waals surface area contributed by atoms with E-state index in [9.17, 15) is 4.79 Å². The first-order chi connectivity index (χ1) is 6.04. The summed E-state index contributed by atoms with van der Waals surface area (Å²) in [4.78, 5) is 13.1. The minimum absolute atomic E-state index is 0.123. The fraction of sp³-hybridized carbons (Fsp3) is 0.889. The van der Waals surface area contributed by atoms with Gasteiger partial charge in [-0.3, -0.25) is 9.69 Å². The average molecular weight is 204 g/mol. The van der Waals surface area contributed by atoms with E-state index in [1.165, 1.54) is 0 Å². The summed E-state index contributed by atoms with van der Waals surface area (Å²) < 4.78 is 0. The topological polar surface area (TPSA) is 46.3 Å². The van der Waals surface area contributed by atoms with Crippen molar-refractivity contribution in [3.05, 3.63) is 0 Å². The maximum absolute atomic E-state index is 11.1. The second-order valence-corrected chi connectivity index (χ2v) is 4.21. The molecule has 13 heavy (non-hydrogen) atoms. The maximum atomic E-state index is 11.1. The van der Waals surface area contributed by atoms with Crippen LogP contribution in [-0.4, -0.2) is 41.9 Å². The molecule has 0 heterocycles. The van der Waals surface area contributed by atoms with E-state index in [0.717, 1.165) is 12.2 Å². The Labute approximate surface area is 85.0 Å². The number of carbonyl (C=O) groups is 1. The van der Waals surface area contributed by atoms with Crippen LogP contribution in [0.2, 0.25) is 0 Å². The van der Waals surface area contributed by atoms with Gasteiger partial charge in [-0.15, -0.1) is 0 Å². The monoisotopic (exact) mass is 204 g/mol. The highest BCUT2D eigenvalue weighted by Gasteiger charge is 2.22. The van der Waals surface area contributed by atoms with Crippen molar-refractivity contribution in [3.8, 4) is 0 Å². The molecule has 0 aliphatic carbocycles. The Kier molecular flexibility index (Phi) is 6.16. The fourth-order valence-corrected chi connectivity index (χ4v) is 2.07. The number of nitrogens with zero attached hydrogens (tertiary/aromatic N) is 1. The molecule has 0 saturated heterocycles. The van der Waals surface area contributed by atoms with Crippen molar-refractivity contribution in [2.24, 2.45) is 5.73 Å². The van der Waals surface area contributed by atoms with Gasteiger partial charge in [0.2, 0.25) is 5.91 Å². The smallest absolute Gasteiger partial charge is 0.234 e. The molecule has 0 aliphatic rings. The van der Waals surface area contributed by atoms with E-state index < -0.39 is 0 Å². The Morgan fingerprint density at radius 3 is 2.46 bits per heavy atom. The van der Waals surface area contributed by atoms with Crippen LogP contribution in [0.3, 0.4) is 0 Å². The summed E-state index contributed by atoms with van der Waals surface area (Å²) >= 11 is 1.78. The number of hydrogen-bond donors (Lipinski definition) is 1. The van der Waals surface area contributed by atoms with Crippen LogP contribution >= 0.6 is 11.8 Å². The number of hydrogen-bond acceptors (Lipinski definition) is 3. The van der Waals surface area contributed by atoms with Crippen LogP contribution in [0.25, 0.3) is 0 Å². The fourth-order valence-electron chi connectivity index (χ4n) is 1.36. The molecule has 0 bridgehead atoms. The predicted octanol–water partition coefficient (Wildman–Crippen LogP) is 0.934. The third-order valence-electron chi connectivity index (χ3n) is 2.31. The third kappa shape index (κ3) is 4.00. The van der Waals surface area contributed by atoms with Crippen LogP contribution in [0.1, 0.15) is 20.3 Å². The third-order valence-corrected chi connectivity index (χ3v) is 3.13. The minimum atomic E-state index is -0.224. The lowest BCUT2D eigenvalue weighted by Crippen LogP contribution is -2.47. The molecule has 78 valence electrons. The van der Waals surface area contributed by atoms with E-state index in [0.29, 0.717) is 6.04 Å². The van der Waals surface area contributed by atoms with Crippen molar-refractivity contribution in [3.63, 3.8) is 0 Å². The molecule has 0 fully saturated rings. The van der Waals surface area contributed by atoms with E-state index in [1.807, 2.05) is 14.0 Å². The van der Waals surface area contributed by atoms with Crippen LogP contribution in [0.15, 0.2) is 0 Å². The number of nitrogens with two attached hydrogens (primary N) is 1. The van der Waals surface area contributed by atoms with E-state index in [4.69, 9.17) is 5.73 Å². The van der Waals surface area contributed by atoms with Gasteiger partial charge >= 0.3 is 0 Å². The van der Waals surface area contributed by atoms with E-state index in [1.54, 1.807) is 11.8 Å². The highest BCUT2D eigenvalue weighted by Crippen LogP contribution is 2.09. The number of likely N-dealkylation sites (N-methyl/N-ethyl adjacent to an activating group) is 1. The van der Waals surface area contributed by atoms with Gasteiger partial charge in [-0.2, -0.15) is 11.8 Å². The second-order valence-electron chi connectivity index (χ2n) is 3.30. The highest BCUT2D eigenvalue weighted by atomic mass is 32.2. The van der Waals surface area contributed by atoms with Crippen molar-refractivity contribution >= 4 is 17.7 Å². The first-order valence-electron chi connectivity index (χ1n) is 4.54. The summed E-state index contributed by atoms with van der Waals surface area (Å²) in [6.45, 7) is 4.10. The van der Waals surface area contributed by atoms with Gasteiger partial charge in [-0.25, -0.2) is 0 Å². The number of carbonyl (C=O) groups excluding carboxylic acids is 1. The van der Waals surface area contributed by atoms with Crippen molar-refractivity contribution in [1.29, 1.82) is 0 Å². The maximum Gasteiger partial charge on any atom is 0.234 e. The summed E-state index contributed by atoms with van der Waals surface area (Å²) in [6.07, 6.45) is 2.85. The number of amides is 1. The molecule has 0 aromatic heterocycles. The lowest BCUT2D eigenvalue weighted by Gasteiger charge is -2.30. The number of primary amides is 1. The molecule has 0 aromatic rings. The minimum Gasteiger partial charge on any atom is -0.368 e. The molecule has 2 unspecified atom stereocenters. The summed E-state index contributed by atoms with van der Waals surface area (Å²) in [5.41, 5.74) is 5.29. The Morgan fingerprint density at radius 2 is 2.15 bits per heavy atom. The zero-order chi connectivity index (χ0) is 10.4. The van der Waals surface area contributed by atoms with E-state index in [2.05, 4.69) is 18.1 Å². The zero-order valence-corrected chi connectivity index (χ0v) is 9.73. The normalized spacial score (nSPS) is 15.8. The largest absolute Gasteiger partial charge is 0.368 e. The van der Waals surface area contributed by atoms with Gasteiger partial charge in [-0.1, -0.05) is 6.92 Å². The van der Waals surface area contributed by atoms with Gasteiger partial charge < -0.3 is 5.73 Å². The number of rotatable bonds is 6. The molecule has 2 N–H and O–H groups in total. The molecular weight excluding hydrogens is 184 g/mol. The quantitative estimate of drug-likeness (QED) is 0.700. The van der Waals surface area contributed by atoms with Gasteiger partial charge in [0.05, 0.1) is 6.04 Å². The summed E-state index contributed by atoms with van der Waals surface area (Å²) in [7, 11) is 1.96. The molecular formula is C9H20N2OS. The lowest BCUT2D eigenvalue weighted by molar-refractivity contribution is -0.123. The first-order valence-corrected chi connectivity index (χ1v) is 5.94. The van der Waals surface area contributed by atoms with E-state index >= 15 is 0 Å². The SMILES string of the molecule is CCC(C(N)=O)N(C)C(C)CSC. The zero-order valence-electron chi connectivity index (χ0n) is 8.91. The molecule has 0 aliphatic heterocycles. The average Bonchev–Trinajstić information content (AvgIpc) is 2.05. The van der Waals surface area contributed by atoms with Crippen LogP contribution < -0.4 is 5.73 Å². The summed E-state index contributed by atoms with van der Waals surface area (Å²) in [5, 5.41) is 0. The van der Waals surface area contributed by atoms with Crippen LogP contribution in [0.4, 0.5) is 0 Å². The van der Waals surface area contributed by atoms with Crippen molar-refractivity contribution in [2.45, 2.75) is 32.4 Å². The van der Waals surface area contributed by atoms with Crippen molar-refractivity contribution in [2.75, 3.05) is 19.1 Å². The van der Waals surface area contributed by atoms with Crippen LogP contribution in [-0.2, 0) is 4.79 Å².